The maximum atomic E-state index is 11.7. The van der Waals surface area contributed by atoms with Gasteiger partial charge in [0.25, 0.3) is 5.79 Å². The highest BCUT2D eigenvalue weighted by molar-refractivity contribution is 5.77. The van der Waals surface area contributed by atoms with E-state index >= 15 is 0 Å². The number of nitrogens with zero attached hydrogens (tertiary/aromatic N) is 1. The van der Waals surface area contributed by atoms with Crippen molar-refractivity contribution in [3.63, 3.8) is 0 Å². The summed E-state index contributed by atoms with van der Waals surface area (Å²) < 4.78 is 21.8. The second-order valence-corrected chi connectivity index (χ2v) is 7.38. The number of pyridine rings is 1. The molecule has 6 heteroatoms. The Morgan fingerprint density at radius 1 is 1.14 bits per heavy atom. The van der Waals surface area contributed by atoms with E-state index in [4.69, 9.17) is 18.9 Å². The predicted octanol–water partition coefficient (Wildman–Crippen LogP) is 3.36. The van der Waals surface area contributed by atoms with Crippen molar-refractivity contribution in [3.05, 3.63) is 59.4 Å². The number of carbonyl (C=O) groups excluding carboxylic acids is 1. The zero-order chi connectivity index (χ0) is 20.7. The summed E-state index contributed by atoms with van der Waals surface area (Å²) in [6, 6.07) is 12.2. The van der Waals surface area contributed by atoms with Gasteiger partial charge in [-0.3, -0.25) is 4.98 Å². The lowest BCUT2D eigenvalue weighted by Gasteiger charge is -2.35. The van der Waals surface area contributed by atoms with Gasteiger partial charge in [0.1, 0.15) is 5.75 Å². The number of ether oxygens (including phenoxy) is 4. The van der Waals surface area contributed by atoms with Crippen LogP contribution in [0.2, 0.25) is 0 Å². The van der Waals surface area contributed by atoms with Gasteiger partial charge in [0.2, 0.25) is 0 Å². The monoisotopic (exact) mass is 399 g/mol. The van der Waals surface area contributed by atoms with Crippen molar-refractivity contribution in [1.82, 2.24) is 4.98 Å². The summed E-state index contributed by atoms with van der Waals surface area (Å²) in [5, 5.41) is 0. The van der Waals surface area contributed by atoms with Crippen molar-refractivity contribution in [2.75, 3.05) is 26.9 Å². The lowest BCUT2D eigenvalue weighted by atomic mass is 9.99. The van der Waals surface area contributed by atoms with Gasteiger partial charge in [-0.05, 0) is 42.2 Å². The van der Waals surface area contributed by atoms with Crippen LogP contribution in [0.1, 0.15) is 30.7 Å². The van der Waals surface area contributed by atoms with Crippen molar-refractivity contribution in [2.24, 2.45) is 5.92 Å². The van der Waals surface area contributed by atoms with E-state index < -0.39 is 11.8 Å². The van der Waals surface area contributed by atoms with E-state index in [0.29, 0.717) is 19.8 Å². The fraction of sp³-hybridized carbons (Fsp3) is 0.478. The summed E-state index contributed by atoms with van der Waals surface area (Å²) in [7, 11) is 1.33. The molecule has 0 unspecified atom stereocenters. The smallest absolute Gasteiger partial charge is 0.366 e. The molecule has 0 bridgehead atoms. The van der Waals surface area contributed by atoms with Crippen molar-refractivity contribution >= 4 is 5.97 Å². The molecule has 29 heavy (non-hydrogen) atoms. The van der Waals surface area contributed by atoms with E-state index in [1.165, 1.54) is 18.2 Å². The lowest BCUT2D eigenvalue weighted by Crippen LogP contribution is -2.48. The Hall–Kier alpha value is -2.44. The van der Waals surface area contributed by atoms with Crippen LogP contribution in [-0.2, 0) is 38.3 Å². The minimum absolute atomic E-state index is 0.191. The van der Waals surface area contributed by atoms with Crippen LogP contribution in [0.5, 0.6) is 5.75 Å². The third-order valence-electron chi connectivity index (χ3n) is 5.11. The molecule has 1 aliphatic heterocycles. The Morgan fingerprint density at radius 3 is 2.41 bits per heavy atom. The number of benzene rings is 1. The SMILES string of the molecule is CCc1ccc(CCOc2ccc(CC3COC(C)(C(=O)OC)OC3)cc2)nc1. The average Bonchev–Trinajstić information content (AvgIpc) is 2.76. The first kappa shape index (κ1) is 21.3. The van der Waals surface area contributed by atoms with Gasteiger partial charge in [-0.15, -0.1) is 0 Å². The number of carbonyl (C=O) groups is 1. The van der Waals surface area contributed by atoms with Crippen LogP contribution < -0.4 is 4.74 Å². The predicted molar refractivity (Wildman–Crippen MR) is 109 cm³/mol. The first-order valence-electron chi connectivity index (χ1n) is 10.0. The zero-order valence-electron chi connectivity index (χ0n) is 17.3. The molecule has 1 aromatic carbocycles. The van der Waals surface area contributed by atoms with E-state index in [0.717, 1.165) is 30.7 Å². The lowest BCUT2D eigenvalue weighted by molar-refractivity contribution is -0.272. The molecule has 156 valence electrons. The van der Waals surface area contributed by atoms with Gasteiger partial charge in [0.15, 0.2) is 0 Å². The van der Waals surface area contributed by atoms with Gasteiger partial charge >= 0.3 is 5.97 Å². The van der Waals surface area contributed by atoms with Gasteiger partial charge in [-0.1, -0.05) is 25.1 Å². The van der Waals surface area contributed by atoms with Gasteiger partial charge in [0, 0.05) is 31.2 Å². The molecule has 1 aromatic heterocycles. The number of aromatic nitrogens is 1. The molecule has 0 spiro atoms. The molecule has 0 saturated carbocycles. The van der Waals surface area contributed by atoms with Crippen LogP contribution in [0, 0.1) is 5.92 Å². The van der Waals surface area contributed by atoms with Crippen molar-refractivity contribution < 1.29 is 23.7 Å². The maximum absolute atomic E-state index is 11.7. The third kappa shape index (κ3) is 5.78. The number of methoxy groups -OCH3 is 1. The molecule has 0 N–H and O–H groups in total. The Bertz CT molecular complexity index is 780. The Balaban J connectivity index is 1.42. The van der Waals surface area contributed by atoms with Crippen molar-refractivity contribution in [2.45, 2.75) is 38.9 Å². The van der Waals surface area contributed by atoms with E-state index in [-0.39, 0.29) is 5.92 Å². The number of hydrogen-bond donors (Lipinski definition) is 0. The molecular weight excluding hydrogens is 370 g/mol. The van der Waals surface area contributed by atoms with Gasteiger partial charge in [-0.2, -0.15) is 0 Å². The highest BCUT2D eigenvalue weighted by atomic mass is 16.7. The molecule has 0 amide bonds. The summed E-state index contributed by atoms with van der Waals surface area (Å²) in [4.78, 5) is 16.2. The topological polar surface area (TPSA) is 66.9 Å². The number of esters is 1. The quantitative estimate of drug-likeness (QED) is 0.634. The van der Waals surface area contributed by atoms with Gasteiger partial charge in [-0.25, -0.2) is 4.79 Å². The fourth-order valence-corrected chi connectivity index (χ4v) is 3.21. The second-order valence-electron chi connectivity index (χ2n) is 7.38. The standard InChI is InChI=1S/C23H29NO5/c1-4-17-5-8-20(24-14-17)11-12-27-21-9-6-18(7-10-21)13-19-15-28-23(2,29-16-19)22(25)26-3/h5-10,14,19H,4,11-13,15-16H2,1-3H3. The molecule has 1 saturated heterocycles. The number of hydrogen-bond acceptors (Lipinski definition) is 6. The minimum atomic E-state index is -1.30. The molecule has 2 aromatic rings. The maximum Gasteiger partial charge on any atom is 0.366 e. The molecule has 6 nitrogen and oxygen atoms in total. The molecule has 0 aliphatic carbocycles. The van der Waals surface area contributed by atoms with E-state index in [2.05, 4.69) is 36.2 Å². The van der Waals surface area contributed by atoms with E-state index in [1.807, 2.05) is 18.3 Å². The van der Waals surface area contributed by atoms with Crippen molar-refractivity contribution in [1.29, 1.82) is 0 Å². The summed E-state index contributed by atoms with van der Waals surface area (Å²) in [5.74, 6) is -0.770. The number of aryl methyl sites for hydroxylation is 1. The van der Waals surface area contributed by atoms with Crippen LogP contribution in [0.3, 0.4) is 0 Å². The normalized spacial score (nSPS) is 21.6. The first-order valence-corrected chi connectivity index (χ1v) is 10.0. The molecular formula is C23H29NO5. The third-order valence-corrected chi connectivity index (χ3v) is 5.11. The highest BCUT2D eigenvalue weighted by Gasteiger charge is 2.41. The molecule has 0 atom stereocenters. The molecule has 1 fully saturated rings. The average molecular weight is 399 g/mol. The summed E-state index contributed by atoms with van der Waals surface area (Å²) >= 11 is 0. The van der Waals surface area contributed by atoms with E-state index in [9.17, 15) is 4.79 Å². The van der Waals surface area contributed by atoms with Crippen LogP contribution in [0.15, 0.2) is 42.6 Å². The molecule has 3 rings (SSSR count). The van der Waals surface area contributed by atoms with Gasteiger partial charge < -0.3 is 18.9 Å². The molecule has 1 aliphatic rings. The summed E-state index contributed by atoms with van der Waals surface area (Å²) in [6.07, 6.45) is 4.52. The van der Waals surface area contributed by atoms with E-state index in [1.54, 1.807) is 6.92 Å². The Morgan fingerprint density at radius 2 is 1.83 bits per heavy atom. The Kier molecular flexibility index (Phi) is 7.23. The molecule has 0 radical (unpaired) electrons. The minimum Gasteiger partial charge on any atom is -0.493 e. The van der Waals surface area contributed by atoms with Gasteiger partial charge in [0.05, 0.1) is 26.9 Å². The second kappa shape index (κ2) is 9.85. The van der Waals surface area contributed by atoms with Crippen LogP contribution in [-0.4, -0.2) is 43.7 Å². The van der Waals surface area contributed by atoms with Crippen LogP contribution in [0.4, 0.5) is 0 Å². The molecule has 2 heterocycles. The summed E-state index contributed by atoms with van der Waals surface area (Å²) in [6.45, 7) is 5.21. The first-order chi connectivity index (χ1) is 14.0. The largest absolute Gasteiger partial charge is 0.493 e. The van der Waals surface area contributed by atoms with Crippen molar-refractivity contribution in [3.8, 4) is 5.75 Å². The summed E-state index contributed by atoms with van der Waals surface area (Å²) in [5.41, 5.74) is 3.46. The van der Waals surface area contributed by atoms with Crippen LogP contribution >= 0.6 is 0 Å². The number of rotatable bonds is 8. The highest BCUT2D eigenvalue weighted by Crippen LogP contribution is 2.25. The zero-order valence-corrected chi connectivity index (χ0v) is 17.3. The van der Waals surface area contributed by atoms with Crippen LogP contribution in [0.25, 0.3) is 0 Å². The Labute approximate surface area is 172 Å². The fourth-order valence-electron chi connectivity index (χ4n) is 3.21.